The normalized spacial score (nSPS) is 12.6. The number of benzene rings is 1. The van der Waals surface area contributed by atoms with E-state index in [4.69, 9.17) is 5.84 Å². The molecule has 1 aromatic carbocycles. The van der Waals surface area contributed by atoms with Gasteiger partial charge in [0, 0.05) is 0 Å². The van der Waals surface area contributed by atoms with Gasteiger partial charge in [-0.3, -0.25) is 5.84 Å². The van der Waals surface area contributed by atoms with E-state index in [9.17, 15) is 0 Å². The third kappa shape index (κ3) is 1.63. The number of rotatable bonds is 3. The maximum absolute atomic E-state index is 5.46. The molecular weight excluding hydrogens is 178 g/mol. The monoisotopic (exact) mass is 189 g/mol. The van der Waals surface area contributed by atoms with Crippen molar-refractivity contribution in [3.8, 4) is 0 Å². The van der Waals surface area contributed by atoms with Crippen molar-refractivity contribution >= 4 is 0 Å². The first-order valence-corrected chi connectivity index (χ1v) is 4.28. The van der Waals surface area contributed by atoms with Crippen LogP contribution in [0.4, 0.5) is 0 Å². The quantitative estimate of drug-likeness (QED) is 0.481. The Morgan fingerprint density at radius 1 is 1.29 bits per heavy atom. The topological polar surface area (TPSA) is 79.6 Å². The lowest BCUT2D eigenvalue weighted by Crippen LogP contribution is -2.29. The molecule has 0 saturated carbocycles. The van der Waals surface area contributed by atoms with Crippen LogP contribution in [0.2, 0.25) is 0 Å². The molecule has 1 heterocycles. The predicted molar refractivity (Wildman–Crippen MR) is 52.0 cm³/mol. The number of hydrogen-bond donors (Lipinski definition) is 3. The van der Waals surface area contributed by atoms with Crippen molar-refractivity contribution in [2.75, 3.05) is 0 Å². The molecule has 1 atom stereocenters. The molecule has 4 N–H and O–H groups in total. The molecule has 1 unspecified atom stereocenters. The lowest BCUT2D eigenvalue weighted by Gasteiger charge is -2.12. The van der Waals surface area contributed by atoms with Crippen LogP contribution in [0.5, 0.6) is 0 Å². The molecule has 1 aromatic heterocycles. The Kier molecular flexibility index (Phi) is 2.53. The summed E-state index contributed by atoms with van der Waals surface area (Å²) in [5.74, 6) is 5.46. The van der Waals surface area contributed by atoms with Gasteiger partial charge in [0.25, 0.3) is 0 Å². The molecular formula is C9H11N5. The third-order valence-corrected chi connectivity index (χ3v) is 2.03. The van der Waals surface area contributed by atoms with Gasteiger partial charge in [0.15, 0.2) is 0 Å². The van der Waals surface area contributed by atoms with Gasteiger partial charge in [-0.05, 0) is 5.56 Å². The molecule has 0 radical (unpaired) electrons. The Balaban J connectivity index is 2.31. The van der Waals surface area contributed by atoms with E-state index in [-0.39, 0.29) is 6.04 Å². The lowest BCUT2D eigenvalue weighted by atomic mass is 10.1. The van der Waals surface area contributed by atoms with Gasteiger partial charge < -0.3 is 0 Å². The second kappa shape index (κ2) is 3.99. The second-order valence-corrected chi connectivity index (χ2v) is 2.91. The van der Waals surface area contributed by atoms with E-state index in [1.807, 2.05) is 30.3 Å². The van der Waals surface area contributed by atoms with Gasteiger partial charge in [-0.25, -0.2) is 5.43 Å². The summed E-state index contributed by atoms with van der Waals surface area (Å²) in [4.78, 5) is 0. The molecule has 2 aromatic rings. The van der Waals surface area contributed by atoms with Gasteiger partial charge in [-0.15, -0.1) is 0 Å². The smallest absolute Gasteiger partial charge is 0.105 e. The Labute approximate surface area is 81.3 Å². The number of aromatic amines is 1. The van der Waals surface area contributed by atoms with Crippen LogP contribution in [-0.4, -0.2) is 15.4 Å². The number of nitrogens with two attached hydrogens (primary N) is 1. The van der Waals surface area contributed by atoms with E-state index in [2.05, 4.69) is 20.8 Å². The fourth-order valence-electron chi connectivity index (χ4n) is 1.35. The summed E-state index contributed by atoms with van der Waals surface area (Å²) in [5.41, 5.74) is 4.53. The van der Waals surface area contributed by atoms with E-state index in [0.29, 0.717) is 0 Å². The standard InChI is InChI=1S/C9H11N5/c10-12-9(8-6-11-14-13-8)7-4-2-1-3-5-7/h1-6,9,12H,10H2,(H,11,13,14). The summed E-state index contributed by atoms with van der Waals surface area (Å²) >= 11 is 0. The highest BCUT2D eigenvalue weighted by Gasteiger charge is 2.13. The third-order valence-electron chi connectivity index (χ3n) is 2.03. The highest BCUT2D eigenvalue weighted by Crippen LogP contribution is 2.17. The molecule has 2 rings (SSSR count). The van der Waals surface area contributed by atoms with Crippen molar-refractivity contribution in [3.05, 3.63) is 47.8 Å². The van der Waals surface area contributed by atoms with Crippen molar-refractivity contribution in [3.63, 3.8) is 0 Å². The predicted octanol–water partition coefficient (Wildman–Crippen LogP) is 0.357. The van der Waals surface area contributed by atoms with E-state index in [1.54, 1.807) is 6.20 Å². The van der Waals surface area contributed by atoms with E-state index >= 15 is 0 Å². The zero-order chi connectivity index (χ0) is 9.80. The summed E-state index contributed by atoms with van der Waals surface area (Å²) in [6.45, 7) is 0. The van der Waals surface area contributed by atoms with E-state index in [0.717, 1.165) is 11.3 Å². The van der Waals surface area contributed by atoms with Crippen LogP contribution < -0.4 is 11.3 Å². The number of hydrazine groups is 1. The number of nitrogens with one attached hydrogen (secondary N) is 2. The Morgan fingerprint density at radius 3 is 2.64 bits per heavy atom. The van der Waals surface area contributed by atoms with Crippen molar-refractivity contribution in [2.24, 2.45) is 5.84 Å². The second-order valence-electron chi connectivity index (χ2n) is 2.91. The van der Waals surface area contributed by atoms with E-state index in [1.165, 1.54) is 0 Å². The first-order chi connectivity index (χ1) is 6.92. The van der Waals surface area contributed by atoms with Crippen LogP contribution in [0, 0.1) is 0 Å². The van der Waals surface area contributed by atoms with Crippen LogP contribution in [-0.2, 0) is 0 Å². The summed E-state index contributed by atoms with van der Waals surface area (Å²) in [6.07, 6.45) is 1.65. The lowest BCUT2D eigenvalue weighted by molar-refractivity contribution is 0.618. The molecule has 0 aliphatic rings. The largest absolute Gasteiger partial charge is 0.271 e. The average molecular weight is 189 g/mol. The number of hydrogen-bond acceptors (Lipinski definition) is 4. The molecule has 72 valence electrons. The summed E-state index contributed by atoms with van der Waals surface area (Å²) in [5, 5.41) is 10.3. The molecule has 0 spiro atoms. The highest BCUT2D eigenvalue weighted by atomic mass is 15.3. The van der Waals surface area contributed by atoms with Crippen LogP contribution >= 0.6 is 0 Å². The highest BCUT2D eigenvalue weighted by molar-refractivity contribution is 5.25. The zero-order valence-corrected chi connectivity index (χ0v) is 7.51. The van der Waals surface area contributed by atoms with Gasteiger partial charge in [0.2, 0.25) is 0 Å². The summed E-state index contributed by atoms with van der Waals surface area (Å²) in [6, 6.07) is 9.73. The van der Waals surface area contributed by atoms with Crippen molar-refractivity contribution in [1.29, 1.82) is 0 Å². The zero-order valence-electron chi connectivity index (χ0n) is 7.51. The first kappa shape index (κ1) is 8.86. The number of nitrogens with zero attached hydrogens (tertiary/aromatic N) is 2. The van der Waals surface area contributed by atoms with Gasteiger partial charge >= 0.3 is 0 Å². The van der Waals surface area contributed by atoms with Gasteiger partial charge in [-0.2, -0.15) is 15.4 Å². The average Bonchev–Trinajstić information content (AvgIpc) is 2.74. The van der Waals surface area contributed by atoms with Crippen molar-refractivity contribution < 1.29 is 0 Å². The molecule has 0 bridgehead atoms. The van der Waals surface area contributed by atoms with Gasteiger partial charge in [0.05, 0.1) is 12.2 Å². The fourth-order valence-corrected chi connectivity index (χ4v) is 1.35. The SMILES string of the molecule is NNC(c1ccccc1)c1cn[nH]n1. The van der Waals surface area contributed by atoms with Crippen LogP contribution in [0.3, 0.4) is 0 Å². The molecule has 14 heavy (non-hydrogen) atoms. The summed E-state index contributed by atoms with van der Waals surface area (Å²) in [7, 11) is 0. The van der Waals surface area contributed by atoms with Crippen molar-refractivity contribution in [2.45, 2.75) is 6.04 Å². The Bertz CT molecular complexity index is 369. The van der Waals surface area contributed by atoms with Crippen molar-refractivity contribution in [1.82, 2.24) is 20.8 Å². The number of aromatic nitrogens is 3. The molecule has 0 fully saturated rings. The summed E-state index contributed by atoms with van der Waals surface area (Å²) < 4.78 is 0. The van der Waals surface area contributed by atoms with Crippen LogP contribution in [0.25, 0.3) is 0 Å². The van der Waals surface area contributed by atoms with Crippen LogP contribution in [0.1, 0.15) is 17.3 Å². The van der Waals surface area contributed by atoms with Gasteiger partial charge in [0.1, 0.15) is 5.69 Å². The molecule has 0 amide bonds. The Morgan fingerprint density at radius 2 is 2.07 bits per heavy atom. The minimum atomic E-state index is -0.116. The van der Waals surface area contributed by atoms with Crippen LogP contribution in [0.15, 0.2) is 36.5 Å². The van der Waals surface area contributed by atoms with Gasteiger partial charge in [-0.1, -0.05) is 30.3 Å². The molecule has 5 heteroatoms. The molecule has 0 saturated heterocycles. The Hall–Kier alpha value is -1.72. The molecule has 0 aliphatic heterocycles. The molecule has 0 aliphatic carbocycles. The number of H-pyrrole nitrogens is 1. The van der Waals surface area contributed by atoms with E-state index < -0.39 is 0 Å². The first-order valence-electron chi connectivity index (χ1n) is 4.28. The fraction of sp³-hybridized carbons (Fsp3) is 0.111. The molecule has 5 nitrogen and oxygen atoms in total. The minimum Gasteiger partial charge on any atom is -0.271 e. The maximum Gasteiger partial charge on any atom is 0.105 e. The minimum absolute atomic E-state index is 0.116. The maximum atomic E-state index is 5.46.